The van der Waals surface area contributed by atoms with Crippen molar-refractivity contribution in [3.8, 4) is 17.2 Å². The summed E-state index contributed by atoms with van der Waals surface area (Å²) in [5.74, 6) is 0.197. The Kier molecular flexibility index (Phi) is 4.93. The fourth-order valence-electron chi connectivity index (χ4n) is 2.18. The molecular formula is C18H16N4O4. The highest BCUT2D eigenvalue weighted by Crippen LogP contribution is 2.17. The molecule has 2 heterocycles. The van der Waals surface area contributed by atoms with Crippen LogP contribution in [0.2, 0.25) is 0 Å². The van der Waals surface area contributed by atoms with Crippen molar-refractivity contribution in [3.05, 3.63) is 60.0 Å². The first-order chi connectivity index (χ1) is 12.5. The van der Waals surface area contributed by atoms with Crippen LogP contribution in [-0.2, 0) is 4.79 Å². The summed E-state index contributed by atoms with van der Waals surface area (Å²) in [6.07, 6.45) is 1.54. The number of rotatable bonds is 5. The number of nitrogens with zero attached hydrogens (tertiary/aromatic N) is 2. The van der Waals surface area contributed by atoms with E-state index >= 15 is 0 Å². The summed E-state index contributed by atoms with van der Waals surface area (Å²) >= 11 is 0. The number of ether oxygens (including phenoxy) is 1. The first-order valence-corrected chi connectivity index (χ1v) is 7.75. The fourth-order valence-corrected chi connectivity index (χ4v) is 2.18. The second-order valence-corrected chi connectivity index (χ2v) is 5.40. The number of furan rings is 1. The largest absolute Gasteiger partial charge is 0.463 e. The van der Waals surface area contributed by atoms with E-state index in [1.54, 1.807) is 49.4 Å². The molecule has 0 saturated heterocycles. The summed E-state index contributed by atoms with van der Waals surface area (Å²) in [6.45, 7) is 3.09. The van der Waals surface area contributed by atoms with Crippen LogP contribution in [0.15, 0.2) is 58.2 Å². The molecule has 0 radical (unpaired) electrons. The maximum Gasteiger partial charge on any atom is 0.308 e. The van der Waals surface area contributed by atoms with E-state index in [0.29, 0.717) is 22.9 Å². The van der Waals surface area contributed by atoms with Crippen molar-refractivity contribution in [3.63, 3.8) is 0 Å². The van der Waals surface area contributed by atoms with Gasteiger partial charge in [0.2, 0.25) is 0 Å². The van der Waals surface area contributed by atoms with E-state index in [2.05, 4.69) is 20.7 Å². The van der Waals surface area contributed by atoms with E-state index in [-0.39, 0.29) is 11.7 Å². The molecule has 8 nitrogen and oxygen atoms in total. The number of carbonyl (C=O) groups is 2. The molecule has 0 spiro atoms. The van der Waals surface area contributed by atoms with E-state index in [9.17, 15) is 9.59 Å². The summed E-state index contributed by atoms with van der Waals surface area (Å²) in [6, 6.07) is 11.9. The second-order valence-electron chi connectivity index (χ2n) is 5.40. The number of nitrogens with one attached hydrogen (secondary N) is 2. The number of esters is 1. The van der Waals surface area contributed by atoms with Gasteiger partial charge in [0.25, 0.3) is 5.91 Å². The number of hydrazone groups is 1. The van der Waals surface area contributed by atoms with Gasteiger partial charge < -0.3 is 9.15 Å². The number of benzene rings is 1. The van der Waals surface area contributed by atoms with Crippen molar-refractivity contribution in [1.29, 1.82) is 0 Å². The Hall–Kier alpha value is -3.68. The van der Waals surface area contributed by atoms with Gasteiger partial charge in [0, 0.05) is 13.0 Å². The Morgan fingerprint density at radius 1 is 1.19 bits per heavy atom. The van der Waals surface area contributed by atoms with Crippen molar-refractivity contribution in [2.45, 2.75) is 13.8 Å². The molecule has 0 aliphatic carbocycles. The topological polar surface area (TPSA) is 110 Å². The minimum absolute atomic E-state index is 0.193. The number of aromatic amines is 1. The van der Waals surface area contributed by atoms with Gasteiger partial charge in [0.05, 0.1) is 12.0 Å². The molecule has 132 valence electrons. The summed E-state index contributed by atoms with van der Waals surface area (Å²) in [5, 5.41) is 10.7. The maximum absolute atomic E-state index is 12.1. The van der Waals surface area contributed by atoms with Gasteiger partial charge in [-0.15, -0.1) is 0 Å². The van der Waals surface area contributed by atoms with E-state index in [1.807, 2.05) is 0 Å². The van der Waals surface area contributed by atoms with Crippen molar-refractivity contribution >= 4 is 17.6 Å². The molecule has 0 fully saturated rings. The highest BCUT2D eigenvalue weighted by Gasteiger charge is 2.12. The molecule has 2 N–H and O–H groups in total. The molecule has 0 saturated carbocycles. The van der Waals surface area contributed by atoms with Gasteiger partial charge in [-0.1, -0.05) is 0 Å². The highest BCUT2D eigenvalue weighted by atomic mass is 16.5. The molecule has 3 rings (SSSR count). The lowest BCUT2D eigenvalue weighted by Crippen LogP contribution is -2.19. The van der Waals surface area contributed by atoms with Crippen LogP contribution < -0.4 is 10.2 Å². The Morgan fingerprint density at radius 2 is 1.96 bits per heavy atom. The zero-order chi connectivity index (χ0) is 18.5. The van der Waals surface area contributed by atoms with Gasteiger partial charge in [-0.05, 0) is 48.9 Å². The molecule has 2 aromatic heterocycles. The van der Waals surface area contributed by atoms with Gasteiger partial charge in [-0.3, -0.25) is 14.7 Å². The van der Waals surface area contributed by atoms with Crippen LogP contribution in [0.1, 0.15) is 29.9 Å². The minimum atomic E-state index is -0.449. The van der Waals surface area contributed by atoms with Crippen LogP contribution in [0, 0.1) is 0 Å². The number of hydrogen-bond acceptors (Lipinski definition) is 6. The summed E-state index contributed by atoms with van der Waals surface area (Å²) < 4.78 is 10.2. The zero-order valence-electron chi connectivity index (χ0n) is 14.1. The Labute approximate surface area is 148 Å². The standard InChI is InChI=1S/C18H16N4O4/c1-11(13-5-7-14(8-6-13)26-12(2)23)19-22-18(24)16-10-15(20-21-16)17-4-3-9-25-17/h3-10H,1-2H3,(H,20,21)(H,22,24). The van der Waals surface area contributed by atoms with E-state index in [4.69, 9.17) is 9.15 Å². The Bertz CT molecular complexity index is 940. The monoisotopic (exact) mass is 352 g/mol. The van der Waals surface area contributed by atoms with Crippen LogP contribution in [-0.4, -0.2) is 27.8 Å². The molecule has 0 atom stereocenters. The van der Waals surface area contributed by atoms with Gasteiger partial charge in [0.1, 0.15) is 11.4 Å². The van der Waals surface area contributed by atoms with E-state index in [0.717, 1.165) is 5.56 Å². The smallest absolute Gasteiger partial charge is 0.308 e. The molecule has 26 heavy (non-hydrogen) atoms. The number of carbonyl (C=O) groups excluding carboxylic acids is 2. The molecule has 0 aliphatic heterocycles. The second kappa shape index (κ2) is 7.47. The third kappa shape index (κ3) is 4.04. The van der Waals surface area contributed by atoms with Crippen LogP contribution in [0.5, 0.6) is 5.75 Å². The van der Waals surface area contributed by atoms with Gasteiger partial charge >= 0.3 is 5.97 Å². The third-order valence-electron chi connectivity index (χ3n) is 3.46. The number of amides is 1. The zero-order valence-corrected chi connectivity index (χ0v) is 14.1. The molecule has 1 amide bonds. The van der Waals surface area contributed by atoms with E-state index < -0.39 is 5.91 Å². The quantitative estimate of drug-likeness (QED) is 0.317. The van der Waals surface area contributed by atoms with Gasteiger partial charge in [-0.25, -0.2) is 5.43 Å². The van der Waals surface area contributed by atoms with Crippen molar-refractivity contribution in [1.82, 2.24) is 15.6 Å². The van der Waals surface area contributed by atoms with Crippen LogP contribution in [0.25, 0.3) is 11.5 Å². The minimum Gasteiger partial charge on any atom is -0.463 e. The summed E-state index contributed by atoms with van der Waals surface area (Å²) in [5.41, 5.74) is 4.61. The molecule has 1 aromatic carbocycles. The number of hydrogen-bond donors (Lipinski definition) is 2. The van der Waals surface area contributed by atoms with E-state index in [1.165, 1.54) is 13.2 Å². The predicted octanol–water partition coefficient (Wildman–Crippen LogP) is 2.75. The molecular weight excluding hydrogens is 336 g/mol. The SMILES string of the molecule is CC(=O)Oc1ccc(C(C)=NNC(=O)c2cc(-c3ccco3)[nH]n2)cc1. The first kappa shape index (κ1) is 17.2. The number of aromatic nitrogens is 2. The van der Waals surface area contributed by atoms with Crippen molar-refractivity contribution < 1.29 is 18.7 Å². The number of H-pyrrole nitrogens is 1. The van der Waals surface area contributed by atoms with Crippen LogP contribution >= 0.6 is 0 Å². The van der Waals surface area contributed by atoms with Crippen molar-refractivity contribution in [2.75, 3.05) is 0 Å². The average molecular weight is 352 g/mol. The van der Waals surface area contributed by atoms with Crippen molar-refractivity contribution in [2.24, 2.45) is 5.10 Å². The van der Waals surface area contributed by atoms with Gasteiger partial charge in [0.15, 0.2) is 11.5 Å². The lowest BCUT2D eigenvalue weighted by Gasteiger charge is -2.04. The highest BCUT2D eigenvalue weighted by molar-refractivity contribution is 6.00. The first-order valence-electron chi connectivity index (χ1n) is 7.75. The molecule has 3 aromatic rings. The lowest BCUT2D eigenvalue weighted by molar-refractivity contribution is -0.131. The Balaban J connectivity index is 1.65. The van der Waals surface area contributed by atoms with Crippen LogP contribution in [0.3, 0.4) is 0 Å². The molecule has 0 unspecified atom stereocenters. The summed E-state index contributed by atoms with van der Waals surface area (Å²) in [7, 11) is 0. The maximum atomic E-state index is 12.1. The summed E-state index contributed by atoms with van der Waals surface area (Å²) in [4.78, 5) is 23.1. The van der Waals surface area contributed by atoms with Crippen LogP contribution in [0.4, 0.5) is 0 Å². The molecule has 0 bridgehead atoms. The molecule has 8 heteroatoms. The predicted molar refractivity (Wildman–Crippen MR) is 93.7 cm³/mol. The molecule has 0 aliphatic rings. The van der Waals surface area contributed by atoms with Gasteiger partial charge in [-0.2, -0.15) is 10.2 Å². The third-order valence-corrected chi connectivity index (χ3v) is 3.46. The Morgan fingerprint density at radius 3 is 2.62 bits per heavy atom. The normalized spacial score (nSPS) is 11.2. The average Bonchev–Trinajstić information content (AvgIpc) is 3.30. The lowest BCUT2D eigenvalue weighted by atomic mass is 10.1. The fraction of sp³-hybridized carbons (Fsp3) is 0.111.